The van der Waals surface area contributed by atoms with Crippen molar-refractivity contribution >= 4 is 39.8 Å². The van der Waals surface area contributed by atoms with E-state index in [4.69, 9.17) is 4.74 Å². The summed E-state index contributed by atoms with van der Waals surface area (Å²) in [4.78, 5) is 25.2. The zero-order valence-corrected chi connectivity index (χ0v) is 12.9. The first kappa shape index (κ1) is 15.5. The Morgan fingerprint density at radius 1 is 1.33 bits per heavy atom. The van der Waals surface area contributed by atoms with Gasteiger partial charge in [0.25, 0.3) is 0 Å². The van der Waals surface area contributed by atoms with Crippen LogP contribution in [0.3, 0.4) is 0 Å². The Hall–Kier alpha value is -1.93. The maximum absolute atomic E-state index is 11.4. The molecular formula is C13H13N3O3S2. The summed E-state index contributed by atoms with van der Waals surface area (Å²) in [5.41, 5.74) is 0.694. The van der Waals surface area contributed by atoms with Crippen LogP contribution in [-0.4, -0.2) is 23.3 Å². The minimum Gasteiger partial charge on any atom is -0.465 e. The van der Waals surface area contributed by atoms with Crippen molar-refractivity contribution in [3.63, 3.8) is 0 Å². The number of nitrogens with one attached hydrogen (secondary N) is 1. The molecule has 2 aromatic rings. The number of thiazole rings is 1. The number of aromatic amines is 1. The van der Waals surface area contributed by atoms with Crippen molar-refractivity contribution in [2.75, 3.05) is 12.4 Å². The first-order valence-electron chi connectivity index (χ1n) is 6.17. The van der Waals surface area contributed by atoms with E-state index in [0.717, 1.165) is 11.3 Å². The number of ether oxygens (including phenoxy) is 1. The van der Waals surface area contributed by atoms with Crippen molar-refractivity contribution in [2.24, 2.45) is 10.2 Å². The van der Waals surface area contributed by atoms with Crippen LogP contribution in [0.1, 0.15) is 6.92 Å². The number of H-pyrrole nitrogens is 1. The summed E-state index contributed by atoms with van der Waals surface area (Å²) in [7, 11) is 0. The van der Waals surface area contributed by atoms with E-state index in [2.05, 4.69) is 15.2 Å². The summed E-state index contributed by atoms with van der Waals surface area (Å²) in [6, 6.07) is 9.21. The highest BCUT2D eigenvalue weighted by Gasteiger charge is 2.11. The van der Waals surface area contributed by atoms with Crippen LogP contribution >= 0.6 is 23.1 Å². The van der Waals surface area contributed by atoms with Crippen molar-refractivity contribution in [3.05, 3.63) is 40.0 Å². The van der Waals surface area contributed by atoms with E-state index < -0.39 is 0 Å². The normalized spacial score (nSPS) is 10.9. The number of benzene rings is 1. The Labute approximate surface area is 129 Å². The van der Waals surface area contributed by atoms with Crippen LogP contribution < -0.4 is 4.87 Å². The molecular weight excluding hydrogens is 310 g/mol. The second kappa shape index (κ2) is 7.75. The third-order valence-corrected chi connectivity index (χ3v) is 4.11. The molecule has 0 saturated carbocycles. The van der Waals surface area contributed by atoms with Crippen LogP contribution in [-0.2, 0) is 9.53 Å². The summed E-state index contributed by atoms with van der Waals surface area (Å²) >= 11 is 2.13. The van der Waals surface area contributed by atoms with Gasteiger partial charge in [0.15, 0.2) is 5.00 Å². The monoisotopic (exact) mass is 323 g/mol. The summed E-state index contributed by atoms with van der Waals surface area (Å²) < 4.78 is 4.84. The van der Waals surface area contributed by atoms with E-state index in [-0.39, 0.29) is 16.6 Å². The number of esters is 1. The van der Waals surface area contributed by atoms with Gasteiger partial charge >= 0.3 is 10.8 Å². The molecule has 0 aliphatic carbocycles. The molecule has 1 heterocycles. The van der Waals surface area contributed by atoms with E-state index in [0.29, 0.717) is 22.3 Å². The lowest BCUT2D eigenvalue weighted by molar-refractivity contribution is -0.139. The van der Waals surface area contributed by atoms with E-state index in [9.17, 15) is 9.59 Å². The molecule has 0 fully saturated rings. The smallest absolute Gasteiger partial charge is 0.316 e. The zero-order valence-electron chi connectivity index (χ0n) is 11.2. The average molecular weight is 323 g/mol. The SMILES string of the molecule is CCOC(=O)CSc1[nH]c(=O)sc1N=Nc1ccccc1. The van der Waals surface area contributed by atoms with Gasteiger partial charge in [0, 0.05) is 0 Å². The predicted octanol–water partition coefficient (Wildman–Crippen LogP) is 3.51. The number of rotatable bonds is 6. The van der Waals surface area contributed by atoms with Crippen LogP contribution in [0.5, 0.6) is 0 Å². The molecule has 0 amide bonds. The molecule has 2 rings (SSSR count). The highest BCUT2D eigenvalue weighted by Crippen LogP contribution is 2.31. The van der Waals surface area contributed by atoms with Gasteiger partial charge in [-0.05, 0) is 19.1 Å². The standard InChI is InChI=1S/C13H13N3O3S2/c1-2-19-10(17)8-20-11-12(21-13(18)14-11)16-15-9-6-4-3-5-7-9/h3-7H,2,8H2,1H3,(H,14,18). The highest BCUT2D eigenvalue weighted by molar-refractivity contribution is 8.00. The minimum absolute atomic E-state index is 0.119. The fourth-order valence-electron chi connectivity index (χ4n) is 1.40. The second-order valence-electron chi connectivity index (χ2n) is 3.78. The van der Waals surface area contributed by atoms with Gasteiger partial charge in [-0.25, -0.2) is 0 Å². The number of hydrogen-bond donors (Lipinski definition) is 1. The molecule has 0 bridgehead atoms. The topological polar surface area (TPSA) is 83.9 Å². The molecule has 0 saturated heterocycles. The molecule has 8 heteroatoms. The molecule has 0 radical (unpaired) electrons. The third-order valence-electron chi connectivity index (χ3n) is 2.25. The third kappa shape index (κ3) is 4.83. The minimum atomic E-state index is -0.333. The van der Waals surface area contributed by atoms with Crippen molar-refractivity contribution in [2.45, 2.75) is 11.9 Å². The number of aromatic nitrogens is 1. The van der Waals surface area contributed by atoms with Crippen LogP contribution in [0.25, 0.3) is 0 Å². The van der Waals surface area contributed by atoms with Crippen LogP contribution in [0.4, 0.5) is 10.7 Å². The van der Waals surface area contributed by atoms with Gasteiger partial charge in [-0.15, -0.1) is 10.2 Å². The van der Waals surface area contributed by atoms with Crippen molar-refractivity contribution in [1.82, 2.24) is 4.98 Å². The molecule has 6 nitrogen and oxygen atoms in total. The van der Waals surface area contributed by atoms with E-state index >= 15 is 0 Å². The van der Waals surface area contributed by atoms with Gasteiger partial charge in [-0.2, -0.15) is 0 Å². The number of azo groups is 1. The number of thioether (sulfide) groups is 1. The van der Waals surface area contributed by atoms with Crippen molar-refractivity contribution in [1.29, 1.82) is 0 Å². The average Bonchev–Trinajstić information content (AvgIpc) is 2.84. The largest absolute Gasteiger partial charge is 0.465 e. The van der Waals surface area contributed by atoms with Gasteiger partial charge in [-0.3, -0.25) is 9.59 Å². The van der Waals surface area contributed by atoms with E-state index in [1.807, 2.05) is 30.3 Å². The Kier molecular flexibility index (Phi) is 5.70. The molecule has 1 aromatic carbocycles. The fraction of sp³-hybridized carbons (Fsp3) is 0.231. The lowest BCUT2D eigenvalue weighted by atomic mass is 10.3. The molecule has 1 aromatic heterocycles. The lowest BCUT2D eigenvalue weighted by Crippen LogP contribution is -2.06. The Morgan fingerprint density at radius 3 is 2.81 bits per heavy atom. The Morgan fingerprint density at radius 2 is 2.10 bits per heavy atom. The second-order valence-corrected chi connectivity index (χ2v) is 5.73. The zero-order chi connectivity index (χ0) is 15.1. The van der Waals surface area contributed by atoms with Crippen LogP contribution in [0, 0.1) is 0 Å². The van der Waals surface area contributed by atoms with Crippen molar-refractivity contribution in [3.8, 4) is 0 Å². The molecule has 1 N–H and O–H groups in total. The van der Waals surface area contributed by atoms with Crippen LogP contribution in [0.2, 0.25) is 0 Å². The molecule has 0 aliphatic rings. The van der Waals surface area contributed by atoms with E-state index in [1.54, 1.807) is 6.92 Å². The summed E-state index contributed by atoms with van der Waals surface area (Å²) in [6.07, 6.45) is 0. The summed E-state index contributed by atoms with van der Waals surface area (Å²) in [5, 5.41) is 9.10. The maximum atomic E-state index is 11.4. The number of carbonyl (C=O) groups is 1. The lowest BCUT2D eigenvalue weighted by Gasteiger charge is -2.00. The highest BCUT2D eigenvalue weighted by atomic mass is 32.2. The quantitative estimate of drug-likeness (QED) is 0.501. The van der Waals surface area contributed by atoms with Gasteiger partial charge in [0.1, 0.15) is 5.03 Å². The summed E-state index contributed by atoms with van der Waals surface area (Å²) in [5.74, 6) is -0.213. The first-order valence-corrected chi connectivity index (χ1v) is 7.97. The Bertz CT molecular complexity index is 679. The van der Waals surface area contributed by atoms with Gasteiger partial charge < -0.3 is 9.72 Å². The predicted molar refractivity (Wildman–Crippen MR) is 82.9 cm³/mol. The van der Waals surface area contributed by atoms with Gasteiger partial charge in [-0.1, -0.05) is 41.3 Å². The molecule has 110 valence electrons. The molecule has 0 aliphatic heterocycles. The molecule has 0 atom stereocenters. The Balaban J connectivity index is 2.08. The molecule has 0 unspecified atom stereocenters. The molecule has 21 heavy (non-hydrogen) atoms. The van der Waals surface area contributed by atoms with Crippen LogP contribution in [0.15, 0.2) is 50.4 Å². The first-order chi connectivity index (χ1) is 10.2. The van der Waals surface area contributed by atoms with Gasteiger partial charge in [0.05, 0.1) is 18.0 Å². The number of nitrogens with zero attached hydrogens (tertiary/aromatic N) is 2. The maximum Gasteiger partial charge on any atom is 0.316 e. The summed E-state index contributed by atoms with van der Waals surface area (Å²) in [6.45, 7) is 2.08. The fourth-order valence-corrected chi connectivity index (χ4v) is 3.00. The van der Waals surface area contributed by atoms with Crippen molar-refractivity contribution < 1.29 is 9.53 Å². The van der Waals surface area contributed by atoms with E-state index in [1.165, 1.54) is 11.8 Å². The molecule has 0 spiro atoms. The number of hydrogen-bond acceptors (Lipinski definition) is 7. The van der Waals surface area contributed by atoms with Gasteiger partial charge in [0.2, 0.25) is 0 Å². The number of carbonyl (C=O) groups excluding carboxylic acids is 1.